The highest BCUT2D eigenvalue weighted by Crippen LogP contribution is 2.39. The number of fused-ring (bicyclic) bond motifs is 1. The number of halogens is 2. The average molecular weight is 590 g/mol. The van der Waals surface area contributed by atoms with Crippen molar-refractivity contribution in [3.63, 3.8) is 0 Å². The molecule has 0 bridgehead atoms. The van der Waals surface area contributed by atoms with Crippen LogP contribution in [0.15, 0.2) is 41.5 Å². The van der Waals surface area contributed by atoms with Gasteiger partial charge in [-0.2, -0.15) is 5.10 Å². The first-order chi connectivity index (χ1) is 18.7. The van der Waals surface area contributed by atoms with Gasteiger partial charge in [-0.05, 0) is 62.1 Å². The van der Waals surface area contributed by atoms with Gasteiger partial charge in [-0.3, -0.25) is 9.59 Å². The van der Waals surface area contributed by atoms with E-state index in [1.54, 1.807) is 43.3 Å². The lowest BCUT2D eigenvalue weighted by atomic mass is 10.1. The van der Waals surface area contributed by atoms with Crippen LogP contribution in [0.25, 0.3) is 0 Å². The quantitative estimate of drug-likeness (QED) is 0.157. The maximum absolute atomic E-state index is 12.5. The Balaban J connectivity index is 1.40. The fourth-order valence-corrected chi connectivity index (χ4v) is 5.76. The molecule has 3 aromatic rings. The van der Waals surface area contributed by atoms with Gasteiger partial charge in [0, 0.05) is 26.0 Å². The number of amides is 2. The maximum atomic E-state index is 12.5. The minimum absolute atomic E-state index is 0.203. The van der Waals surface area contributed by atoms with Crippen LogP contribution in [0.1, 0.15) is 45.3 Å². The third kappa shape index (κ3) is 6.52. The molecule has 39 heavy (non-hydrogen) atoms. The number of benzene rings is 2. The third-order valence-corrected chi connectivity index (χ3v) is 7.84. The van der Waals surface area contributed by atoms with Crippen LogP contribution in [0.2, 0.25) is 10.0 Å². The number of nitrogens with one attached hydrogen (secondary N) is 2. The number of carbonyl (C=O) groups excluding carboxylic acids is 3. The molecule has 0 unspecified atom stereocenters. The highest BCUT2D eigenvalue weighted by molar-refractivity contribution is 7.17. The Morgan fingerprint density at radius 3 is 2.54 bits per heavy atom. The number of aryl methyl sites for hydroxylation is 1. The first-order valence-corrected chi connectivity index (χ1v) is 13.4. The molecule has 12 heteroatoms. The van der Waals surface area contributed by atoms with Crippen molar-refractivity contribution < 1.29 is 28.6 Å². The molecular formula is C27H25Cl2N3O6S. The van der Waals surface area contributed by atoms with E-state index in [1.807, 2.05) is 0 Å². The molecule has 0 spiro atoms. The molecule has 1 aliphatic carbocycles. The topological polar surface area (TPSA) is 115 Å². The lowest BCUT2D eigenvalue weighted by molar-refractivity contribution is -0.136. The summed E-state index contributed by atoms with van der Waals surface area (Å²) in [6.45, 7) is 1.87. The van der Waals surface area contributed by atoms with E-state index in [9.17, 15) is 14.4 Å². The summed E-state index contributed by atoms with van der Waals surface area (Å²) in [5.41, 5.74) is 5.24. The second-order valence-corrected chi connectivity index (χ2v) is 10.5. The standard InChI is InChI=1S/C27H25Cl2N3O6S/c1-14(15-8-10-20(21(11-15)36-2)38-13-16-7-9-17(28)12-19(16)29)31-32-25(34)24(33)30-26-23(27(35)37-3)18-5-4-6-22(18)39-26/h7-12H,4-6,13H2,1-3H3,(H,30,33)(H,32,34)/b31-14+. The molecule has 204 valence electrons. The van der Waals surface area contributed by atoms with Crippen LogP contribution in [0, 0.1) is 0 Å². The molecule has 1 heterocycles. The zero-order valence-corrected chi connectivity index (χ0v) is 23.7. The fourth-order valence-electron chi connectivity index (χ4n) is 4.03. The van der Waals surface area contributed by atoms with Crippen molar-refractivity contribution in [1.82, 2.24) is 5.43 Å². The molecule has 0 radical (unpaired) electrons. The van der Waals surface area contributed by atoms with E-state index in [0.29, 0.717) is 43.4 Å². The van der Waals surface area contributed by atoms with Gasteiger partial charge in [-0.25, -0.2) is 10.2 Å². The van der Waals surface area contributed by atoms with E-state index in [0.717, 1.165) is 35.3 Å². The van der Waals surface area contributed by atoms with Crippen molar-refractivity contribution in [3.8, 4) is 11.5 Å². The van der Waals surface area contributed by atoms with Crippen molar-refractivity contribution in [1.29, 1.82) is 0 Å². The summed E-state index contributed by atoms with van der Waals surface area (Å²) in [4.78, 5) is 38.3. The minimum Gasteiger partial charge on any atom is -0.493 e. The molecule has 0 saturated heterocycles. The summed E-state index contributed by atoms with van der Waals surface area (Å²) < 4.78 is 16.2. The fraction of sp³-hybridized carbons (Fsp3) is 0.259. The number of carbonyl (C=O) groups is 3. The molecule has 0 aliphatic heterocycles. The van der Waals surface area contributed by atoms with Crippen molar-refractivity contribution in [2.45, 2.75) is 32.8 Å². The van der Waals surface area contributed by atoms with E-state index in [-0.39, 0.29) is 6.61 Å². The molecule has 9 nitrogen and oxygen atoms in total. The lowest BCUT2D eigenvalue weighted by Crippen LogP contribution is -2.33. The molecule has 0 fully saturated rings. The normalized spacial score (nSPS) is 12.5. The van der Waals surface area contributed by atoms with Gasteiger partial charge in [0.1, 0.15) is 11.6 Å². The summed E-state index contributed by atoms with van der Waals surface area (Å²) in [7, 11) is 2.78. The Hall–Kier alpha value is -3.60. The zero-order valence-electron chi connectivity index (χ0n) is 21.4. The van der Waals surface area contributed by atoms with Gasteiger partial charge in [-0.15, -0.1) is 11.3 Å². The molecule has 4 rings (SSSR count). The second-order valence-electron chi connectivity index (χ2n) is 8.54. The largest absolute Gasteiger partial charge is 0.493 e. The van der Waals surface area contributed by atoms with Gasteiger partial charge in [0.15, 0.2) is 11.5 Å². The molecular weight excluding hydrogens is 565 g/mol. The zero-order chi connectivity index (χ0) is 28.1. The number of hydrogen-bond acceptors (Lipinski definition) is 8. The first-order valence-electron chi connectivity index (χ1n) is 11.9. The number of rotatable bonds is 8. The predicted octanol–water partition coefficient (Wildman–Crippen LogP) is 5.40. The van der Waals surface area contributed by atoms with Gasteiger partial charge >= 0.3 is 17.8 Å². The third-order valence-electron chi connectivity index (χ3n) is 6.05. The van der Waals surface area contributed by atoms with Crippen LogP contribution in [0.4, 0.5) is 5.00 Å². The number of anilines is 1. The van der Waals surface area contributed by atoms with E-state index in [2.05, 4.69) is 15.8 Å². The molecule has 0 atom stereocenters. The van der Waals surface area contributed by atoms with Crippen molar-refractivity contribution in [2.75, 3.05) is 19.5 Å². The summed E-state index contributed by atoms with van der Waals surface area (Å²) in [6, 6.07) is 10.3. The van der Waals surface area contributed by atoms with Crippen molar-refractivity contribution >= 4 is 63.0 Å². The van der Waals surface area contributed by atoms with Crippen LogP contribution in [-0.4, -0.2) is 37.7 Å². The number of methoxy groups -OCH3 is 2. The van der Waals surface area contributed by atoms with Crippen molar-refractivity contribution in [2.24, 2.45) is 5.10 Å². The highest BCUT2D eigenvalue weighted by Gasteiger charge is 2.29. The molecule has 2 N–H and O–H groups in total. The van der Waals surface area contributed by atoms with Crippen LogP contribution in [0.5, 0.6) is 11.5 Å². The average Bonchev–Trinajstić information content (AvgIpc) is 3.51. The summed E-state index contributed by atoms with van der Waals surface area (Å²) in [6.07, 6.45) is 2.48. The van der Waals surface area contributed by atoms with E-state index in [4.69, 9.17) is 37.4 Å². The summed E-state index contributed by atoms with van der Waals surface area (Å²) in [5.74, 6) is -1.55. The van der Waals surface area contributed by atoms with Gasteiger partial charge < -0.3 is 19.5 Å². The smallest absolute Gasteiger partial charge is 0.341 e. The Bertz CT molecular complexity index is 1470. The number of nitrogens with zero attached hydrogens (tertiary/aromatic N) is 1. The van der Waals surface area contributed by atoms with Gasteiger partial charge in [0.05, 0.1) is 25.5 Å². The highest BCUT2D eigenvalue weighted by atomic mass is 35.5. The summed E-state index contributed by atoms with van der Waals surface area (Å²) in [5, 5.41) is 7.89. The Morgan fingerprint density at radius 1 is 1.03 bits per heavy atom. The lowest BCUT2D eigenvalue weighted by Gasteiger charge is -2.13. The maximum Gasteiger partial charge on any atom is 0.341 e. The Labute approximate surface area is 239 Å². The van der Waals surface area contributed by atoms with E-state index < -0.39 is 17.8 Å². The van der Waals surface area contributed by atoms with Gasteiger partial charge in [-0.1, -0.05) is 29.3 Å². The van der Waals surface area contributed by atoms with Gasteiger partial charge in [0.25, 0.3) is 0 Å². The monoisotopic (exact) mass is 589 g/mol. The van der Waals surface area contributed by atoms with E-state index in [1.165, 1.54) is 25.6 Å². The predicted molar refractivity (Wildman–Crippen MR) is 150 cm³/mol. The molecule has 2 amide bonds. The van der Waals surface area contributed by atoms with Crippen molar-refractivity contribution in [3.05, 3.63) is 73.6 Å². The number of hydrazone groups is 1. The van der Waals surface area contributed by atoms with Crippen LogP contribution < -0.4 is 20.2 Å². The van der Waals surface area contributed by atoms with Crippen LogP contribution in [-0.2, 0) is 33.8 Å². The van der Waals surface area contributed by atoms with Crippen LogP contribution in [0.3, 0.4) is 0 Å². The Kier molecular flexibility index (Phi) is 9.11. The molecule has 1 aromatic heterocycles. The number of ether oxygens (including phenoxy) is 3. The number of hydrogen-bond donors (Lipinski definition) is 2. The number of thiophene rings is 1. The number of esters is 1. The second kappa shape index (κ2) is 12.5. The SMILES string of the molecule is COC(=O)c1c(NC(=O)C(=O)N/N=C(\C)c2ccc(OCc3ccc(Cl)cc3Cl)c(OC)c2)sc2c1CCC2. The van der Waals surface area contributed by atoms with E-state index >= 15 is 0 Å². The summed E-state index contributed by atoms with van der Waals surface area (Å²) >= 11 is 13.4. The molecule has 1 aliphatic rings. The van der Waals surface area contributed by atoms with Crippen LogP contribution >= 0.6 is 34.5 Å². The minimum atomic E-state index is -0.981. The Morgan fingerprint density at radius 2 is 1.82 bits per heavy atom. The first kappa shape index (κ1) is 28.4. The molecule has 2 aromatic carbocycles. The molecule has 0 saturated carbocycles. The van der Waals surface area contributed by atoms with Gasteiger partial charge in [0.2, 0.25) is 0 Å².